The lowest BCUT2D eigenvalue weighted by Crippen LogP contribution is -2.31. The van der Waals surface area contributed by atoms with Crippen molar-refractivity contribution < 1.29 is 9.53 Å². The second-order valence-electron chi connectivity index (χ2n) is 5.56. The average Bonchev–Trinajstić information content (AvgIpc) is 2.83. The highest BCUT2D eigenvalue weighted by Gasteiger charge is 2.15. The van der Waals surface area contributed by atoms with Gasteiger partial charge < -0.3 is 15.0 Å². The van der Waals surface area contributed by atoms with Gasteiger partial charge in [0.2, 0.25) is 5.56 Å². The van der Waals surface area contributed by atoms with Crippen molar-refractivity contribution in [2.75, 3.05) is 0 Å². The summed E-state index contributed by atoms with van der Waals surface area (Å²) in [5, 5.41) is 2.71. The Morgan fingerprint density at radius 3 is 2.76 bits per heavy atom. The minimum Gasteiger partial charge on any atom is -0.444 e. The van der Waals surface area contributed by atoms with Crippen LogP contribution in [0.4, 0.5) is 4.79 Å². The maximum atomic E-state index is 11.6. The van der Waals surface area contributed by atoms with E-state index in [1.165, 1.54) is 11.3 Å². The largest absolute Gasteiger partial charge is 0.444 e. The lowest BCUT2D eigenvalue weighted by molar-refractivity contribution is 0.0524. The normalized spacial score (nSPS) is 11.2. The first-order valence-corrected chi connectivity index (χ1v) is 7.40. The topological polar surface area (TPSA) is 71.2 Å². The van der Waals surface area contributed by atoms with Crippen molar-refractivity contribution in [2.24, 2.45) is 0 Å². The van der Waals surface area contributed by atoms with Gasteiger partial charge in [-0.3, -0.25) is 4.79 Å². The fourth-order valence-electron chi connectivity index (χ4n) is 1.70. The maximum Gasteiger partial charge on any atom is 0.407 e. The van der Waals surface area contributed by atoms with Crippen molar-refractivity contribution in [1.29, 1.82) is 0 Å². The third-order valence-electron chi connectivity index (χ3n) is 2.53. The van der Waals surface area contributed by atoms with E-state index in [1.807, 2.05) is 39.0 Å². The summed E-state index contributed by atoms with van der Waals surface area (Å²) in [7, 11) is 0. The number of hydrogen-bond donors (Lipinski definition) is 2. The molecule has 21 heavy (non-hydrogen) atoms. The van der Waals surface area contributed by atoms with Gasteiger partial charge in [-0.05, 0) is 44.5 Å². The summed E-state index contributed by atoms with van der Waals surface area (Å²) in [6.45, 7) is 5.87. The third-order valence-corrected chi connectivity index (χ3v) is 3.66. The summed E-state index contributed by atoms with van der Waals surface area (Å²) in [4.78, 5) is 27.4. The molecule has 2 aromatic heterocycles. The SMILES string of the molecule is CC(C)(C)OC(=O)NCc1ccc(-c2cc[nH]c(=O)c2)s1. The van der Waals surface area contributed by atoms with Crippen molar-refractivity contribution >= 4 is 17.4 Å². The molecule has 0 bridgehead atoms. The molecule has 112 valence electrons. The molecule has 0 atom stereocenters. The molecule has 0 aromatic carbocycles. The van der Waals surface area contributed by atoms with Crippen LogP contribution in [0.3, 0.4) is 0 Å². The molecular formula is C15H18N2O3S. The van der Waals surface area contributed by atoms with Crippen molar-refractivity contribution in [3.05, 3.63) is 45.7 Å². The van der Waals surface area contributed by atoms with E-state index in [0.717, 1.165) is 15.3 Å². The smallest absolute Gasteiger partial charge is 0.407 e. The van der Waals surface area contributed by atoms with E-state index < -0.39 is 11.7 Å². The Kier molecular flexibility index (Phi) is 4.47. The predicted octanol–water partition coefficient (Wildman–Crippen LogP) is 3.13. The monoisotopic (exact) mass is 306 g/mol. The molecule has 6 heteroatoms. The van der Waals surface area contributed by atoms with Crippen LogP contribution in [0.25, 0.3) is 10.4 Å². The number of aromatic amines is 1. The van der Waals surface area contributed by atoms with Crippen LogP contribution in [-0.2, 0) is 11.3 Å². The second-order valence-corrected chi connectivity index (χ2v) is 6.73. The Hall–Kier alpha value is -2.08. The minimum absolute atomic E-state index is 0.130. The van der Waals surface area contributed by atoms with E-state index in [1.54, 1.807) is 12.3 Å². The number of rotatable bonds is 3. The van der Waals surface area contributed by atoms with Gasteiger partial charge in [0, 0.05) is 22.0 Å². The summed E-state index contributed by atoms with van der Waals surface area (Å²) in [6.07, 6.45) is 1.18. The molecule has 0 spiro atoms. The third kappa shape index (κ3) is 4.75. The number of pyridine rings is 1. The number of H-pyrrole nitrogens is 1. The number of ether oxygens (including phenoxy) is 1. The fraction of sp³-hybridized carbons (Fsp3) is 0.333. The fourth-order valence-corrected chi connectivity index (χ4v) is 2.64. The first-order valence-electron chi connectivity index (χ1n) is 6.58. The van der Waals surface area contributed by atoms with E-state index in [-0.39, 0.29) is 5.56 Å². The second kappa shape index (κ2) is 6.13. The first kappa shape index (κ1) is 15.3. The number of alkyl carbamates (subject to hydrolysis) is 1. The Labute approximate surface area is 127 Å². The van der Waals surface area contributed by atoms with Crippen LogP contribution >= 0.6 is 11.3 Å². The van der Waals surface area contributed by atoms with Crippen LogP contribution in [0.2, 0.25) is 0 Å². The van der Waals surface area contributed by atoms with Gasteiger partial charge in [-0.2, -0.15) is 0 Å². The van der Waals surface area contributed by atoms with Crippen molar-refractivity contribution in [1.82, 2.24) is 10.3 Å². The highest BCUT2D eigenvalue weighted by molar-refractivity contribution is 7.15. The maximum absolute atomic E-state index is 11.6. The van der Waals surface area contributed by atoms with Gasteiger partial charge in [-0.1, -0.05) is 0 Å². The van der Waals surface area contributed by atoms with Crippen LogP contribution in [0, 0.1) is 0 Å². The minimum atomic E-state index is -0.504. The molecule has 2 heterocycles. The van der Waals surface area contributed by atoms with Crippen LogP contribution in [0.15, 0.2) is 35.3 Å². The van der Waals surface area contributed by atoms with Gasteiger partial charge in [0.1, 0.15) is 5.60 Å². The van der Waals surface area contributed by atoms with Crippen LogP contribution in [-0.4, -0.2) is 16.7 Å². The van der Waals surface area contributed by atoms with E-state index in [4.69, 9.17) is 4.74 Å². The van der Waals surface area contributed by atoms with E-state index in [2.05, 4.69) is 10.3 Å². The molecule has 0 aliphatic rings. The molecule has 2 N–H and O–H groups in total. The van der Waals surface area contributed by atoms with Gasteiger partial charge in [0.15, 0.2) is 0 Å². The standard InChI is InChI=1S/C15H18N2O3S/c1-15(2,3)20-14(19)17-9-11-4-5-12(21-11)10-6-7-16-13(18)8-10/h4-8H,9H2,1-3H3,(H,16,18)(H,17,19). The Morgan fingerprint density at radius 2 is 2.10 bits per heavy atom. The Balaban J connectivity index is 1.98. The zero-order valence-corrected chi connectivity index (χ0v) is 13.0. The summed E-state index contributed by atoms with van der Waals surface area (Å²) < 4.78 is 5.18. The molecule has 0 saturated heterocycles. The summed E-state index contributed by atoms with van der Waals surface area (Å²) in [5.41, 5.74) is 0.233. The van der Waals surface area contributed by atoms with Crippen LogP contribution < -0.4 is 10.9 Å². The summed E-state index contributed by atoms with van der Waals surface area (Å²) in [6, 6.07) is 7.26. The lowest BCUT2D eigenvalue weighted by atomic mass is 10.2. The molecule has 0 fully saturated rings. The van der Waals surface area contributed by atoms with E-state index in [9.17, 15) is 9.59 Å². The molecule has 0 radical (unpaired) electrons. The lowest BCUT2D eigenvalue weighted by Gasteiger charge is -2.19. The summed E-state index contributed by atoms with van der Waals surface area (Å²) >= 11 is 1.53. The number of thiophene rings is 1. The number of carbonyl (C=O) groups is 1. The Morgan fingerprint density at radius 1 is 1.33 bits per heavy atom. The molecule has 0 aliphatic carbocycles. The van der Waals surface area contributed by atoms with Gasteiger partial charge in [0.25, 0.3) is 0 Å². The highest BCUT2D eigenvalue weighted by Crippen LogP contribution is 2.26. The van der Waals surface area contributed by atoms with Crippen molar-refractivity contribution in [3.63, 3.8) is 0 Å². The number of hydrogen-bond acceptors (Lipinski definition) is 4. The van der Waals surface area contributed by atoms with Gasteiger partial charge in [-0.25, -0.2) is 4.79 Å². The number of carbonyl (C=O) groups excluding carboxylic acids is 1. The molecule has 5 nitrogen and oxygen atoms in total. The highest BCUT2D eigenvalue weighted by atomic mass is 32.1. The molecular weight excluding hydrogens is 288 g/mol. The zero-order valence-electron chi connectivity index (χ0n) is 12.2. The van der Waals surface area contributed by atoms with Crippen LogP contribution in [0.1, 0.15) is 25.6 Å². The molecule has 2 rings (SSSR count). The van der Waals surface area contributed by atoms with E-state index >= 15 is 0 Å². The van der Waals surface area contributed by atoms with Crippen molar-refractivity contribution in [3.8, 4) is 10.4 Å². The van der Waals surface area contributed by atoms with Crippen LogP contribution in [0.5, 0.6) is 0 Å². The quantitative estimate of drug-likeness (QED) is 0.915. The average molecular weight is 306 g/mol. The molecule has 0 aliphatic heterocycles. The molecule has 1 amide bonds. The first-order chi connectivity index (χ1) is 9.83. The predicted molar refractivity (Wildman–Crippen MR) is 83.4 cm³/mol. The molecule has 0 unspecified atom stereocenters. The van der Waals surface area contributed by atoms with E-state index in [0.29, 0.717) is 6.54 Å². The number of aromatic nitrogens is 1. The summed E-state index contributed by atoms with van der Waals surface area (Å²) in [5.74, 6) is 0. The molecule has 2 aromatic rings. The number of amides is 1. The van der Waals surface area contributed by atoms with Gasteiger partial charge in [-0.15, -0.1) is 11.3 Å². The zero-order chi connectivity index (χ0) is 15.5. The Bertz CT molecular complexity index is 682. The van der Waals surface area contributed by atoms with Crippen molar-refractivity contribution in [2.45, 2.75) is 32.9 Å². The van der Waals surface area contributed by atoms with Gasteiger partial charge >= 0.3 is 6.09 Å². The molecule has 0 saturated carbocycles. The number of nitrogens with one attached hydrogen (secondary N) is 2. The van der Waals surface area contributed by atoms with Gasteiger partial charge in [0.05, 0.1) is 6.54 Å².